The van der Waals surface area contributed by atoms with Crippen molar-refractivity contribution in [3.8, 4) is 0 Å². The third-order valence-corrected chi connectivity index (χ3v) is 4.70. The van der Waals surface area contributed by atoms with Crippen molar-refractivity contribution >= 4 is 15.9 Å². The number of amides is 1. The van der Waals surface area contributed by atoms with Crippen LogP contribution < -0.4 is 15.4 Å². The van der Waals surface area contributed by atoms with Gasteiger partial charge in [0.25, 0.3) is 0 Å². The Morgan fingerprint density at radius 3 is 2.72 bits per heavy atom. The molecule has 1 aliphatic rings. The minimum absolute atomic E-state index is 0.115. The van der Waals surface area contributed by atoms with Gasteiger partial charge in [-0.25, -0.2) is 13.1 Å². The molecule has 3 N–H and O–H groups in total. The molecule has 1 fully saturated rings. The molecular formula is C11H23N3O3S. The number of carbonyl (C=O) groups is 1. The van der Waals surface area contributed by atoms with Gasteiger partial charge < -0.3 is 10.6 Å². The third-order valence-electron chi connectivity index (χ3n) is 2.82. The van der Waals surface area contributed by atoms with Gasteiger partial charge in [-0.15, -0.1) is 0 Å². The lowest BCUT2D eigenvalue weighted by Crippen LogP contribution is -2.38. The van der Waals surface area contributed by atoms with Crippen molar-refractivity contribution in [3.05, 3.63) is 0 Å². The summed E-state index contributed by atoms with van der Waals surface area (Å²) in [6.45, 7) is 6.04. The predicted octanol–water partition coefficient (Wildman–Crippen LogP) is -0.570. The van der Waals surface area contributed by atoms with Crippen molar-refractivity contribution in [2.75, 3.05) is 26.2 Å². The highest BCUT2D eigenvalue weighted by molar-refractivity contribution is 7.90. The van der Waals surface area contributed by atoms with Crippen LogP contribution in [0.1, 0.15) is 26.7 Å². The monoisotopic (exact) mass is 277 g/mol. The van der Waals surface area contributed by atoms with E-state index in [0.717, 1.165) is 6.54 Å². The lowest BCUT2D eigenvalue weighted by atomic mass is 10.2. The zero-order valence-corrected chi connectivity index (χ0v) is 11.8. The zero-order valence-electron chi connectivity index (χ0n) is 11.0. The van der Waals surface area contributed by atoms with Crippen LogP contribution in [0.5, 0.6) is 0 Å². The normalized spacial score (nSPS) is 20.3. The van der Waals surface area contributed by atoms with E-state index in [1.807, 2.05) is 13.8 Å². The van der Waals surface area contributed by atoms with Gasteiger partial charge in [-0.1, -0.05) is 13.8 Å². The molecule has 18 heavy (non-hydrogen) atoms. The standard InChI is InChI=1S/C11H23N3O3S/c1-9(2)7-13-11(15)4-6-14-18(16,17)10-3-5-12-8-10/h9-10,12,14H,3-8H2,1-2H3,(H,13,15). The molecular weight excluding hydrogens is 254 g/mol. The summed E-state index contributed by atoms with van der Waals surface area (Å²) in [5, 5.41) is 5.40. The fourth-order valence-corrected chi connectivity index (χ4v) is 3.11. The predicted molar refractivity (Wildman–Crippen MR) is 70.7 cm³/mol. The van der Waals surface area contributed by atoms with Crippen molar-refractivity contribution in [1.29, 1.82) is 0 Å². The maximum absolute atomic E-state index is 11.8. The molecule has 1 unspecified atom stereocenters. The lowest BCUT2D eigenvalue weighted by molar-refractivity contribution is -0.121. The van der Waals surface area contributed by atoms with E-state index in [1.165, 1.54) is 0 Å². The number of hydrogen-bond acceptors (Lipinski definition) is 4. The minimum Gasteiger partial charge on any atom is -0.356 e. The molecule has 1 heterocycles. The molecule has 0 aromatic carbocycles. The molecule has 1 atom stereocenters. The molecule has 1 rings (SSSR count). The first-order chi connectivity index (χ1) is 8.42. The van der Waals surface area contributed by atoms with Crippen molar-refractivity contribution < 1.29 is 13.2 Å². The van der Waals surface area contributed by atoms with E-state index in [1.54, 1.807) is 0 Å². The van der Waals surface area contributed by atoms with Crippen LogP contribution >= 0.6 is 0 Å². The highest BCUT2D eigenvalue weighted by Gasteiger charge is 2.27. The molecule has 1 saturated heterocycles. The second kappa shape index (κ2) is 7.06. The number of rotatable bonds is 7. The van der Waals surface area contributed by atoms with Crippen molar-refractivity contribution in [3.63, 3.8) is 0 Å². The summed E-state index contributed by atoms with van der Waals surface area (Å²) in [4.78, 5) is 11.4. The molecule has 106 valence electrons. The van der Waals surface area contributed by atoms with Crippen LogP contribution in [0.15, 0.2) is 0 Å². The van der Waals surface area contributed by atoms with Gasteiger partial charge in [0.15, 0.2) is 0 Å². The van der Waals surface area contributed by atoms with Crippen LogP contribution in [0, 0.1) is 5.92 Å². The van der Waals surface area contributed by atoms with Crippen LogP contribution in [0.25, 0.3) is 0 Å². The van der Waals surface area contributed by atoms with E-state index in [9.17, 15) is 13.2 Å². The van der Waals surface area contributed by atoms with Gasteiger partial charge in [0, 0.05) is 26.1 Å². The van der Waals surface area contributed by atoms with Gasteiger partial charge >= 0.3 is 0 Å². The topological polar surface area (TPSA) is 87.3 Å². The number of hydrogen-bond donors (Lipinski definition) is 3. The quantitative estimate of drug-likeness (QED) is 0.581. The highest BCUT2D eigenvalue weighted by Crippen LogP contribution is 2.07. The first kappa shape index (κ1) is 15.4. The van der Waals surface area contributed by atoms with Gasteiger partial charge in [0.2, 0.25) is 15.9 Å². The molecule has 6 nitrogen and oxygen atoms in total. The van der Waals surface area contributed by atoms with Crippen LogP contribution in [0.2, 0.25) is 0 Å². The van der Waals surface area contributed by atoms with E-state index >= 15 is 0 Å². The summed E-state index contributed by atoms with van der Waals surface area (Å²) in [6.07, 6.45) is 0.820. The molecule has 0 spiro atoms. The number of nitrogens with one attached hydrogen (secondary N) is 3. The van der Waals surface area contributed by atoms with Crippen molar-refractivity contribution in [2.45, 2.75) is 31.9 Å². The SMILES string of the molecule is CC(C)CNC(=O)CCNS(=O)(=O)C1CCNC1. The zero-order chi connectivity index (χ0) is 13.6. The molecule has 0 saturated carbocycles. The minimum atomic E-state index is -3.28. The smallest absolute Gasteiger partial charge is 0.221 e. The van der Waals surface area contributed by atoms with Crippen LogP contribution in [0.4, 0.5) is 0 Å². The first-order valence-corrected chi connectivity index (χ1v) is 7.92. The molecule has 0 bridgehead atoms. The molecule has 0 aliphatic carbocycles. The molecule has 1 amide bonds. The van der Waals surface area contributed by atoms with Gasteiger partial charge in [-0.05, 0) is 18.9 Å². The number of sulfonamides is 1. The Labute approximate surface area is 109 Å². The van der Waals surface area contributed by atoms with Crippen molar-refractivity contribution in [2.24, 2.45) is 5.92 Å². The van der Waals surface area contributed by atoms with E-state index < -0.39 is 10.0 Å². The second-order valence-electron chi connectivity index (χ2n) is 5.00. The van der Waals surface area contributed by atoms with Gasteiger partial charge in [0.05, 0.1) is 5.25 Å². The average Bonchev–Trinajstić information content (AvgIpc) is 2.80. The molecule has 0 aromatic heterocycles. The first-order valence-electron chi connectivity index (χ1n) is 6.37. The van der Waals surface area contributed by atoms with E-state index in [-0.39, 0.29) is 24.1 Å². The third kappa shape index (κ3) is 5.32. The van der Waals surface area contributed by atoms with E-state index in [0.29, 0.717) is 25.4 Å². The molecule has 7 heteroatoms. The molecule has 0 radical (unpaired) electrons. The maximum Gasteiger partial charge on any atom is 0.221 e. The van der Waals surface area contributed by atoms with Crippen LogP contribution in [-0.4, -0.2) is 45.8 Å². The highest BCUT2D eigenvalue weighted by atomic mass is 32.2. The van der Waals surface area contributed by atoms with Crippen LogP contribution in [0.3, 0.4) is 0 Å². The fraction of sp³-hybridized carbons (Fsp3) is 0.909. The van der Waals surface area contributed by atoms with Crippen molar-refractivity contribution in [1.82, 2.24) is 15.4 Å². The van der Waals surface area contributed by atoms with E-state index in [2.05, 4.69) is 15.4 Å². The Hall–Kier alpha value is -0.660. The summed E-state index contributed by atoms with van der Waals surface area (Å²) in [6, 6.07) is 0. The fourth-order valence-electron chi connectivity index (χ4n) is 1.72. The van der Waals surface area contributed by atoms with Crippen LogP contribution in [-0.2, 0) is 14.8 Å². The average molecular weight is 277 g/mol. The van der Waals surface area contributed by atoms with Gasteiger partial charge in [0.1, 0.15) is 0 Å². The second-order valence-corrected chi connectivity index (χ2v) is 7.05. The summed E-state index contributed by atoms with van der Waals surface area (Å²) < 4.78 is 26.1. The molecule has 0 aromatic rings. The number of carbonyl (C=O) groups excluding carboxylic acids is 1. The van der Waals surface area contributed by atoms with Gasteiger partial charge in [-0.3, -0.25) is 4.79 Å². The summed E-state index contributed by atoms with van der Waals surface area (Å²) >= 11 is 0. The molecule has 1 aliphatic heterocycles. The Morgan fingerprint density at radius 2 is 2.17 bits per heavy atom. The Morgan fingerprint density at radius 1 is 1.44 bits per heavy atom. The summed E-state index contributed by atoms with van der Waals surface area (Å²) in [5.41, 5.74) is 0. The lowest BCUT2D eigenvalue weighted by Gasteiger charge is -2.12. The maximum atomic E-state index is 11.8. The van der Waals surface area contributed by atoms with E-state index in [4.69, 9.17) is 0 Å². The summed E-state index contributed by atoms with van der Waals surface area (Å²) in [7, 11) is -3.28. The Bertz CT molecular complexity index is 362. The largest absolute Gasteiger partial charge is 0.356 e. The van der Waals surface area contributed by atoms with Gasteiger partial charge in [-0.2, -0.15) is 0 Å². The Balaban J connectivity index is 2.22. The Kier molecular flexibility index (Phi) is 6.04. The summed E-state index contributed by atoms with van der Waals surface area (Å²) in [5.74, 6) is 0.283.